The molecular formula is C31H32F3N7O4S. The van der Waals surface area contributed by atoms with E-state index in [1.807, 2.05) is 6.07 Å². The number of halogens is 3. The first-order chi connectivity index (χ1) is 21.5. The molecule has 1 aromatic carbocycles. The van der Waals surface area contributed by atoms with Gasteiger partial charge in [-0.1, -0.05) is 17.7 Å². The lowest BCUT2D eigenvalue weighted by Crippen LogP contribution is -2.44. The zero-order chi connectivity index (χ0) is 33.4. The Labute approximate surface area is 263 Å². The first-order valence-corrected chi connectivity index (χ1v) is 15.9. The highest BCUT2D eigenvalue weighted by Crippen LogP contribution is 2.37. The molecule has 2 N–H and O–H groups in total. The van der Waals surface area contributed by atoms with Crippen LogP contribution < -0.4 is 10.6 Å². The van der Waals surface area contributed by atoms with Gasteiger partial charge in [-0.2, -0.15) is 18.4 Å². The molecule has 0 radical (unpaired) electrons. The summed E-state index contributed by atoms with van der Waals surface area (Å²) in [5, 5.41) is 15.8. The number of alkyl carbamates (subject to hydrolysis) is 1. The molecule has 0 unspecified atom stereocenters. The zero-order valence-corrected chi connectivity index (χ0v) is 26.3. The molecule has 0 bridgehead atoms. The molecule has 11 nitrogen and oxygen atoms in total. The average molecular weight is 656 g/mol. The molecule has 3 heterocycles. The van der Waals surface area contributed by atoms with Crippen molar-refractivity contribution in [2.24, 2.45) is 0 Å². The number of pyridine rings is 1. The lowest BCUT2D eigenvalue weighted by atomic mass is 9.91. The molecule has 3 aromatic heterocycles. The highest BCUT2D eigenvalue weighted by atomic mass is 32.2. The van der Waals surface area contributed by atoms with Crippen molar-refractivity contribution in [3.63, 3.8) is 0 Å². The van der Waals surface area contributed by atoms with Crippen LogP contribution in [-0.2, 0) is 20.9 Å². The van der Waals surface area contributed by atoms with Gasteiger partial charge in [0.25, 0.3) is 10.0 Å². The summed E-state index contributed by atoms with van der Waals surface area (Å²) in [4.78, 5) is 24.8. The number of benzene rings is 1. The predicted molar refractivity (Wildman–Crippen MR) is 163 cm³/mol. The van der Waals surface area contributed by atoms with Crippen molar-refractivity contribution in [3.05, 3.63) is 65.6 Å². The van der Waals surface area contributed by atoms with Crippen LogP contribution in [0.15, 0.2) is 53.8 Å². The van der Waals surface area contributed by atoms with Gasteiger partial charge < -0.3 is 15.4 Å². The molecule has 0 aliphatic heterocycles. The van der Waals surface area contributed by atoms with E-state index in [0.29, 0.717) is 12.6 Å². The van der Waals surface area contributed by atoms with Crippen molar-refractivity contribution < 1.29 is 31.1 Å². The number of aryl methyl sites for hydroxylation is 1. The van der Waals surface area contributed by atoms with Crippen LogP contribution in [0.3, 0.4) is 0 Å². The van der Waals surface area contributed by atoms with E-state index in [9.17, 15) is 31.6 Å². The molecule has 4 aromatic rings. The number of rotatable bonds is 6. The fourth-order valence-corrected chi connectivity index (χ4v) is 6.60. The highest BCUT2D eigenvalue weighted by Gasteiger charge is 2.33. The van der Waals surface area contributed by atoms with E-state index in [2.05, 4.69) is 25.6 Å². The quantitative estimate of drug-likeness (QED) is 0.248. The third-order valence-electron chi connectivity index (χ3n) is 7.41. The van der Waals surface area contributed by atoms with Crippen LogP contribution in [0.1, 0.15) is 63.1 Å². The van der Waals surface area contributed by atoms with Crippen LogP contribution in [0, 0.1) is 18.3 Å². The molecule has 46 heavy (non-hydrogen) atoms. The van der Waals surface area contributed by atoms with Crippen molar-refractivity contribution in [1.29, 1.82) is 5.26 Å². The largest absolute Gasteiger partial charge is 0.444 e. The number of aromatic nitrogens is 4. The van der Waals surface area contributed by atoms with Gasteiger partial charge in [0.2, 0.25) is 5.95 Å². The molecule has 5 rings (SSSR count). The van der Waals surface area contributed by atoms with Gasteiger partial charge in [0.05, 0.1) is 27.9 Å². The second-order valence-corrected chi connectivity index (χ2v) is 14.0. The number of ether oxygens (including phenoxy) is 1. The van der Waals surface area contributed by atoms with Crippen LogP contribution in [-0.4, -0.2) is 51.1 Å². The molecule has 2 atom stereocenters. The topological polar surface area (TPSA) is 152 Å². The molecule has 1 saturated carbocycles. The molecule has 1 aliphatic carbocycles. The summed E-state index contributed by atoms with van der Waals surface area (Å²) < 4.78 is 74.9. The predicted octanol–water partition coefficient (Wildman–Crippen LogP) is 6.18. The van der Waals surface area contributed by atoms with Gasteiger partial charge in [-0.15, -0.1) is 0 Å². The Morgan fingerprint density at radius 2 is 1.78 bits per heavy atom. The van der Waals surface area contributed by atoms with Gasteiger partial charge in [-0.3, -0.25) is 0 Å². The summed E-state index contributed by atoms with van der Waals surface area (Å²) in [6, 6.07) is 8.36. The fourth-order valence-electron chi connectivity index (χ4n) is 5.28. The molecule has 15 heteroatoms. The third-order valence-corrected chi connectivity index (χ3v) is 9.07. The normalized spacial score (nSPS) is 17.3. The first-order valence-electron chi connectivity index (χ1n) is 14.5. The number of alkyl halides is 3. The van der Waals surface area contributed by atoms with E-state index in [1.54, 1.807) is 39.8 Å². The first kappa shape index (κ1) is 32.7. The van der Waals surface area contributed by atoms with Crippen LogP contribution in [0.25, 0.3) is 22.3 Å². The molecular weight excluding hydrogens is 623 g/mol. The summed E-state index contributed by atoms with van der Waals surface area (Å²) >= 11 is 0. The van der Waals surface area contributed by atoms with Crippen LogP contribution >= 0.6 is 0 Å². The summed E-state index contributed by atoms with van der Waals surface area (Å²) in [6.45, 7) is 7.10. The number of nitrogens with one attached hydrogen (secondary N) is 2. The monoisotopic (exact) mass is 655 g/mol. The van der Waals surface area contributed by atoms with Crippen molar-refractivity contribution in [1.82, 2.24) is 24.2 Å². The minimum absolute atomic E-state index is 0.0422. The van der Waals surface area contributed by atoms with Crippen molar-refractivity contribution >= 4 is 33.1 Å². The molecule has 0 spiro atoms. The van der Waals surface area contributed by atoms with Crippen LogP contribution in [0.5, 0.6) is 0 Å². The Bertz CT molecular complexity index is 1930. The molecule has 0 saturated heterocycles. The van der Waals surface area contributed by atoms with Gasteiger partial charge in [0.1, 0.15) is 11.7 Å². The number of anilines is 1. The SMILES string of the molecule is Cc1ccc(S(=O)(=O)n2cc(-c3nc(N[C@@H]4CCC[C@H](NC(=O)OC(C)(C)C)C4)ncc3C#N)c3cc(C(F)(F)F)cnc32)cc1. The van der Waals surface area contributed by atoms with Crippen molar-refractivity contribution in [2.45, 2.75) is 82.1 Å². The maximum absolute atomic E-state index is 13.8. The van der Waals surface area contributed by atoms with Crippen molar-refractivity contribution in [3.8, 4) is 17.3 Å². The van der Waals surface area contributed by atoms with E-state index >= 15 is 0 Å². The highest BCUT2D eigenvalue weighted by molar-refractivity contribution is 7.90. The Morgan fingerprint density at radius 1 is 1.09 bits per heavy atom. The fraction of sp³-hybridized carbons (Fsp3) is 0.387. The molecule has 1 aliphatic rings. The second kappa shape index (κ2) is 12.2. The zero-order valence-electron chi connectivity index (χ0n) is 25.5. The smallest absolute Gasteiger partial charge is 0.417 e. The van der Waals surface area contributed by atoms with Gasteiger partial charge >= 0.3 is 12.3 Å². The number of nitrogens with zero attached hydrogens (tertiary/aromatic N) is 5. The van der Waals surface area contributed by atoms with E-state index in [0.717, 1.165) is 41.1 Å². The van der Waals surface area contributed by atoms with Crippen LogP contribution in [0.2, 0.25) is 0 Å². The van der Waals surface area contributed by atoms with Gasteiger partial charge in [0.15, 0.2) is 5.65 Å². The molecule has 242 valence electrons. The number of nitriles is 1. The van der Waals surface area contributed by atoms with Gasteiger partial charge in [0, 0.05) is 35.4 Å². The lowest BCUT2D eigenvalue weighted by molar-refractivity contribution is -0.137. The Morgan fingerprint density at radius 3 is 2.43 bits per heavy atom. The van der Waals surface area contributed by atoms with Gasteiger partial charge in [-0.05, 0) is 71.6 Å². The number of hydrogen-bond donors (Lipinski definition) is 2. The summed E-state index contributed by atoms with van der Waals surface area (Å²) in [5.41, 5.74) is -1.38. The average Bonchev–Trinajstić information content (AvgIpc) is 3.36. The summed E-state index contributed by atoms with van der Waals surface area (Å²) in [6.07, 6.45) is 0.373. The van der Waals surface area contributed by atoms with E-state index in [-0.39, 0.29) is 50.8 Å². The summed E-state index contributed by atoms with van der Waals surface area (Å²) in [7, 11) is -4.31. The Kier molecular flexibility index (Phi) is 8.69. The Hall–Kier alpha value is -4.71. The number of hydrogen-bond acceptors (Lipinski definition) is 9. The maximum Gasteiger partial charge on any atom is 0.417 e. The minimum atomic E-state index is -4.77. The van der Waals surface area contributed by atoms with Gasteiger partial charge in [-0.25, -0.2) is 32.1 Å². The Balaban J connectivity index is 1.54. The molecule has 1 amide bonds. The number of amides is 1. The second-order valence-electron chi connectivity index (χ2n) is 12.2. The number of carbonyl (C=O) groups is 1. The standard InChI is InChI=1S/C31H32F3N7O4S/c1-18-8-10-23(11-9-18)46(43,44)41-17-25(24-12-20(31(32,33)34)16-36-27(24)41)26-19(14-35)15-37-28(40-26)38-21-6-5-7-22(13-21)39-29(42)45-30(2,3)4/h8-12,15-17,21-22H,5-7,13H2,1-4H3,(H,39,42)(H,37,38,40)/t21-,22+/m1/s1. The van der Waals surface area contributed by atoms with Crippen molar-refractivity contribution in [2.75, 3.05) is 5.32 Å². The van der Waals surface area contributed by atoms with E-state index in [4.69, 9.17) is 4.74 Å². The molecule has 1 fully saturated rings. The summed E-state index contributed by atoms with van der Waals surface area (Å²) in [5.74, 6) is 0.0825. The maximum atomic E-state index is 13.8. The van der Waals surface area contributed by atoms with E-state index < -0.39 is 33.5 Å². The van der Waals surface area contributed by atoms with Crippen LogP contribution in [0.4, 0.5) is 23.9 Å². The minimum Gasteiger partial charge on any atom is -0.444 e. The third kappa shape index (κ3) is 7.07. The lowest BCUT2D eigenvalue weighted by Gasteiger charge is -2.31. The number of fused-ring (bicyclic) bond motifs is 1. The van der Waals surface area contributed by atoms with E-state index in [1.165, 1.54) is 18.3 Å². The number of carbonyl (C=O) groups excluding carboxylic acids is 1.